The molecule has 1 aromatic heterocycles. The molecule has 4 aromatic rings. The second kappa shape index (κ2) is 11.0. The lowest BCUT2D eigenvalue weighted by atomic mass is 9.93. The van der Waals surface area contributed by atoms with Crippen LogP contribution < -0.4 is 24.8 Å². The van der Waals surface area contributed by atoms with E-state index in [4.69, 9.17) is 25.8 Å². The molecule has 2 atom stereocenters. The number of fused-ring (bicyclic) bond motifs is 1. The molecule has 0 aliphatic carbocycles. The number of nitrogens with zero attached hydrogens (tertiary/aromatic N) is 3. The maximum atomic E-state index is 12.9. The summed E-state index contributed by atoms with van der Waals surface area (Å²) in [5.74, 6) is 2.51. The van der Waals surface area contributed by atoms with Gasteiger partial charge in [0.05, 0.1) is 39.8 Å². The van der Waals surface area contributed by atoms with Crippen LogP contribution in [0.4, 0.5) is 11.9 Å². The van der Waals surface area contributed by atoms with E-state index in [0.717, 1.165) is 28.9 Å². The smallest absolute Gasteiger partial charge is 0.250 e. The van der Waals surface area contributed by atoms with Gasteiger partial charge in [-0.3, -0.25) is 10.1 Å². The first-order valence-corrected chi connectivity index (χ1v) is 12.5. The van der Waals surface area contributed by atoms with Gasteiger partial charge in [-0.15, -0.1) is 5.10 Å². The van der Waals surface area contributed by atoms with Crippen LogP contribution in [0.2, 0.25) is 5.02 Å². The van der Waals surface area contributed by atoms with E-state index in [1.165, 1.54) is 0 Å². The zero-order chi connectivity index (χ0) is 26.6. The summed E-state index contributed by atoms with van der Waals surface area (Å²) in [7, 11) is 4.78. The Kier molecular flexibility index (Phi) is 7.37. The summed E-state index contributed by atoms with van der Waals surface area (Å²) in [4.78, 5) is 17.5. The minimum absolute atomic E-state index is 0.0198. The summed E-state index contributed by atoms with van der Waals surface area (Å²) >= 11 is 6.15. The summed E-state index contributed by atoms with van der Waals surface area (Å²) < 4.78 is 17.7. The standard InChI is InChI=1S/C28H28ClN5O4/c1-36-21-11-7-18(8-12-21)22-16-23(19-5-9-20(29)10-6-19)34-28(30-22)32-27(33-34)31-26(35)15-17-4-13-24(37-2)25(14-17)38-3/h4-14,22-23H,15-16H2,1-3H3,(H2,30,31,32,33,35)/t22-,23-/m0/s1. The molecule has 0 spiro atoms. The maximum Gasteiger partial charge on any atom is 0.250 e. The zero-order valence-electron chi connectivity index (χ0n) is 21.3. The van der Waals surface area contributed by atoms with Crippen molar-refractivity contribution in [3.63, 3.8) is 0 Å². The van der Waals surface area contributed by atoms with Crippen molar-refractivity contribution in [2.45, 2.75) is 24.9 Å². The Bertz CT molecular complexity index is 1420. The third-order valence-corrected chi connectivity index (χ3v) is 6.78. The molecule has 5 rings (SSSR count). The zero-order valence-corrected chi connectivity index (χ0v) is 22.0. The molecule has 10 heteroatoms. The molecule has 0 bridgehead atoms. The van der Waals surface area contributed by atoms with E-state index in [0.29, 0.717) is 22.5 Å². The molecular formula is C28H28ClN5O4. The molecular weight excluding hydrogens is 506 g/mol. The van der Waals surface area contributed by atoms with E-state index in [-0.39, 0.29) is 30.4 Å². The van der Waals surface area contributed by atoms with Crippen molar-refractivity contribution in [3.05, 3.63) is 88.4 Å². The largest absolute Gasteiger partial charge is 0.497 e. The first kappa shape index (κ1) is 25.4. The lowest BCUT2D eigenvalue weighted by Gasteiger charge is -2.31. The lowest BCUT2D eigenvalue weighted by Crippen LogP contribution is -2.28. The highest BCUT2D eigenvalue weighted by Gasteiger charge is 2.31. The third kappa shape index (κ3) is 5.38. The van der Waals surface area contributed by atoms with Gasteiger partial charge in [-0.2, -0.15) is 4.98 Å². The molecule has 3 aromatic carbocycles. The molecule has 0 unspecified atom stereocenters. The van der Waals surface area contributed by atoms with Crippen molar-refractivity contribution < 1.29 is 19.0 Å². The lowest BCUT2D eigenvalue weighted by molar-refractivity contribution is -0.115. The van der Waals surface area contributed by atoms with Gasteiger partial charge in [0.25, 0.3) is 5.95 Å². The van der Waals surface area contributed by atoms with Crippen LogP contribution in [0.25, 0.3) is 0 Å². The van der Waals surface area contributed by atoms with Crippen LogP contribution in [0.15, 0.2) is 66.7 Å². The second-order valence-corrected chi connectivity index (χ2v) is 9.33. The Morgan fingerprint density at radius 3 is 2.37 bits per heavy atom. The average molecular weight is 534 g/mol. The first-order chi connectivity index (χ1) is 18.5. The van der Waals surface area contributed by atoms with E-state index < -0.39 is 0 Å². The van der Waals surface area contributed by atoms with Gasteiger partial charge in [0.2, 0.25) is 11.9 Å². The van der Waals surface area contributed by atoms with Crippen molar-refractivity contribution in [2.24, 2.45) is 0 Å². The van der Waals surface area contributed by atoms with Gasteiger partial charge < -0.3 is 19.5 Å². The normalized spacial score (nSPS) is 16.2. The number of hydrogen-bond acceptors (Lipinski definition) is 7. The van der Waals surface area contributed by atoms with E-state index in [2.05, 4.69) is 20.7 Å². The molecule has 196 valence electrons. The number of carbonyl (C=O) groups is 1. The van der Waals surface area contributed by atoms with Crippen molar-refractivity contribution in [2.75, 3.05) is 32.0 Å². The fraction of sp³-hybridized carbons (Fsp3) is 0.250. The minimum atomic E-state index is -0.241. The molecule has 0 fully saturated rings. The molecule has 0 saturated heterocycles. The van der Waals surface area contributed by atoms with E-state index in [1.54, 1.807) is 33.5 Å². The molecule has 1 amide bonds. The number of nitrogens with one attached hydrogen (secondary N) is 2. The number of carbonyl (C=O) groups excluding carboxylic acids is 1. The number of rotatable bonds is 8. The van der Waals surface area contributed by atoms with Crippen LogP contribution in [0, 0.1) is 0 Å². The topological polar surface area (TPSA) is 99.5 Å². The number of methoxy groups -OCH3 is 3. The number of halogens is 1. The van der Waals surface area contributed by atoms with Crippen LogP contribution in [0.1, 0.15) is 35.2 Å². The predicted molar refractivity (Wildman–Crippen MR) is 145 cm³/mol. The molecule has 2 N–H and O–H groups in total. The number of anilines is 2. The highest BCUT2D eigenvalue weighted by atomic mass is 35.5. The Hall–Kier alpha value is -4.24. The van der Waals surface area contributed by atoms with Crippen LogP contribution in [0.3, 0.4) is 0 Å². The number of ether oxygens (including phenoxy) is 3. The number of hydrogen-bond donors (Lipinski definition) is 2. The number of amides is 1. The van der Waals surface area contributed by atoms with Gasteiger partial charge >= 0.3 is 0 Å². The van der Waals surface area contributed by atoms with Crippen molar-refractivity contribution in [3.8, 4) is 17.2 Å². The summed E-state index contributed by atoms with van der Waals surface area (Å²) in [6, 6.07) is 20.9. The van der Waals surface area contributed by atoms with E-state index in [1.807, 2.05) is 59.3 Å². The van der Waals surface area contributed by atoms with Gasteiger partial charge in [0, 0.05) is 5.02 Å². The van der Waals surface area contributed by atoms with E-state index in [9.17, 15) is 4.79 Å². The Morgan fingerprint density at radius 1 is 0.974 bits per heavy atom. The van der Waals surface area contributed by atoms with Crippen LogP contribution >= 0.6 is 11.6 Å². The van der Waals surface area contributed by atoms with Gasteiger partial charge in [0.15, 0.2) is 11.5 Å². The number of aromatic nitrogens is 3. The molecule has 38 heavy (non-hydrogen) atoms. The molecule has 2 heterocycles. The molecule has 9 nitrogen and oxygen atoms in total. The van der Waals surface area contributed by atoms with Crippen molar-refractivity contribution in [1.29, 1.82) is 0 Å². The Labute approximate surface area is 225 Å². The quantitative estimate of drug-likeness (QED) is 0.317. The average Bonchev–Trinajstić information content (AvgIpc) is 3.35. The SMILES string of the molecule is COc1ccc([C@@H]2C[C@@H](c3ccc(Cl)cc3)n3nc(NC(=O)Cc4ccc(OC)c(OC)c4)nc3N2)cc1. The highest BCUT2D eigenvalue weighted by Crippen LogP contribution is 2.39. The van der Waals surface area contributed by atoms with Gasteiger partial charge in [0.1, 0.15) is 5.75 Å². The van der Waals surface area contributed by atoms with Crippen molar-refractivity contribution in [1.82, 2.24) is 14.8 Å². The summed E-state index contributed by atoms with van der Waals surface area (Å²) in [5.41, 5.74) is 2.92. The summed E-state index contributed by atoms with van der Waals surface area (Å²) in [5, 5.41) is 11.6. The molecule has 1 aliphatic rings. The van der Waals surface area contributed by atoms with E-state index >= 15 is 0 Å². The van der Waals surface area contributed by atoms with Gasteiger partial charge in [-0.1, -0.05) is 41.9 Å². The van der Waals surface area contributed by atoms with Crippen molar-refractivity contribution >= 4 is 29.4 Å². The van der Waals surface area contributed by atoms with Gasteiger partial charge in [-0.25, -0.2) is 4.68 Å². The summed E-state index contributed by atoms with van der Waals surface area (Å²) in [6.07, 6.45) is 0.857. The monoisotopic (exact) mass is 533 g/mol. The Morgan fingerprint density at radius 2 is 1.68 bits per heavy atom. The predicted octanol–water partition coefficient (Wildman–Crippen LogP) is 5.28. The van der Waals surface area contributed by atoms with Gasteiger partial charge in [-0.05, 0) is 59.5 Å². The fourth-order valence-electron chi connectivity index (χ4n) is 4.59. The fourth-order valence-corrected chi connectivity index (χ4v) is 4.72. The van der Waals surface area contributed by atoms with Crippen LogP contribution in [0.5, 0.6) is 17.2 Å². The Balaban J connectivity index is 1.39. The highest BCUT2D eigenvalue weighted by molar-refractivity contribution is 6.30. The molecule has 0 saturated carbocycles. The molecule has 1 aliphatic heterocycles. The number of benzene rings is 3. The first-order valence-electron chi connectivity index (χ1n) is 12.1. The third-order valence-electron chi connectivity index (χ3n) is 6.53. The maximum absolute atomic E-state index is 12.9. The molecule has 0 radical (unpaired) electrons. The van der Waals surface area contributed by atoms with Crippen LogP contribution in [-0.2, 0) is 11.2 Å². The van der Waals surface area contributed by atoms with Crippen LogP contribution in [-0.4, -0.2) is 42.0 Å². The summed E-state index contributed by atoms with van der Waals surface area (Å²) in [6.45, 7) is 0. The minimum Gasteiger partial charge on any atom is -0.497 e. The second-order valence-electron chi connectivity index (χ2n) is 8.89.